The van der Waals surface area contributed by atoms with Gasteiger partial charge in [0, 0.05) is 18.4 Å². The number of hydrogen-bond donors (Lipinski definition) is 1. The Bertz CT molecular complexity index is 314. The van der Waals surface area contributed by atoms with Gasteiger partial charge in [0.15, 0.2) is 5.95 Å². The van der Waals surface area contributed by atoms with E-state index in [2.05, 4.69) is 23.4 Å². The van der Waals surface area contributed by atoms with Crippen molar-refractivity contribution in [2.24, 2.45) is 5.41 Å². The van der Waals surface area contributed by atoms with E-state index in [0.717, 1.165) is 0 Å². The fourth-order valence-electron chi connectivity index (χ4n) is 2.53. The first-order chi connectivity index (χ1) is 6.58. The van der Waals surface area contributed by atoms with Crippen LogP contribution in [0.3, 0.4) is 0 Å². The maximum Gasteiger partial charge on any atom is 0.200 e. The van der Waals surface area contributed by atoms with Gasteiger partial charge >= 0.3 is 0 Å². The lowest BCUT2D eigenvalue weighted by molar-refractivity contribution is 0.184. The minimum Gasteiger partial charge on any atom is -0.369 e. The highest BCUT2D eigenvalue weighted by molar-refractivity contribution is 5.18. The quantitative estimate of drug-likeness (QED) is 0.745. The summed E-state index contributed by atoms with van der Waals surface area (Å²) in [5.74, 6) is 0.660. The first kappa shape index (κ1) is 9.56. The van der Waals surface area contributed by atoms with Crippen molar-refractivity contribution in [3.05, 3.63) is 12.4 Å². The van der Waals surface area contributed by atoms with E-state index in [4.69, 9.17) is 5.73 Å². The summed E-state index contributed by atoms with van der Waals surface area (Å²) in [5.41, 5.74) is 6.27. The molecule has 0 spiro atoms. The predicted molar refractivity (Wildman–Crippen MR) is 57.9 cm³/mol. The van der Waals surface area contributed by atoms with Gasteiger partial charge in [-0.25, -0.2) is 4.98 Å². The van der Waals surface area contributed by atoms with Crippen LogP contribution in [0.25, 0.3) is 0 Å². The minimum absolute atomic E-state index is 0.458. The number of anilines is 1. The summed E-state index contributed by atoms with van der Waals surface area (Å²) in [7, 11) is 0. The molecule has 1 atom stereocenters. The molecule has 0 amide bonds. The average molecular weight is 193 g/mol. The molecule has 1 saturated carbocycles. The lowest BCUT2D eigenvalue weighted by Gasteiger charge is -2.36. The lowest BCUT2D eigenvalue weighted by Crippen LogP contribution is -2.25. The Morgan fingerprint density at radius 1 is 1.57 bits per heavy atom. The number of aromatic nitrogens is 2. The number of nitrogens with zero attached hydrogens (tertiary/aromatic N) is 2. The number of nitrogen functional groups attached to an aromatic ring is 1. The van der Waals surface area contributed by atoms with Gasteiger partial charge in [-0.3, -0.25) is 0 Å². The molecule has 2 rings (SSSR count). The van der Waals surface area contributed by atoms with Crippen molar-refractivity contribution < 1.29 is 0 Å². The zero-order valence-electron chi connectivity index (χ0n) is 9.03. The van der Waals surface area contributed by atoms with Crippen LogP contribution in [0.1, 0.15) is 45.6 Å². The summed E-state index contributed by atoms with van der Waals surface area (Å²) >= 11 is 0. The zero-order valence-corrected chi connectivity index (χ0v) is 9.03. The molecule has 1 aromatic heterocycles. The second-order valence-corrected chi connectivity index (χ2v) is 5.11. The van der Waals surface area contributed by atoms with Crippen LogP contribution in [-0.4, -0.2) is 9.55 Å². The molecule has 1 fully saturated rings. The van der Waals surface area contributed by atoms with Crippen LogP contribution < -0.4 is 5.73 Å². The van der Waals surface area contributed by atoms with Gasteiger partial charge < -0.3 is 10.3 Å². The molecule has 0 radical (unpaired) electrons. The fourth-order valence-corrected chi connectivity index (χ4v) is 2.53. The lowest BCUT2D eigenvalue weighted by atomic mass is 9.75. The monoisotopic (exact) mass is 193 g/mol. The van der Waals surface area contributed by atoms with Crippen LogP contribution in [0, 0.1) is 5.41 Å². The maximum absolute atomic E-state index is 5.81. The van der Waals surface area contributed by atoms with Crippen LogP contribution in [0.2, 0.25) is 0 Å². The van der Waals surface area contributed by atoms with Crippen molar-refractivity contribution in [2.45, 2.75) is 45.6 Å². The highest BCUT2D eigenvalue weighted by Crippen LogP contribution is 2.41. The van der Waals surface area contributed by atoms with Gasteiger partial charge in [-0.05, 0) is 24.7 Å². The molecule has 0 bridgehead atoms. The van der Waals surface area contributed by atoms with E-state index in [1.807, 2.05) is 6.20 Å². The van der Waals surface area contributed by atoms with Crippen LogP contribution >= 0.6 is 0 Å². The first-order valence-electron chi connectivity index (χ1n) is 5.37. The summed E-state index contributed by atoms with van der Waals surface area (Å²) in [6.07, 6.45) is 8.88. The third kappa shape index (κ3) is 1.76. The van der Waals surface area contributed by atoms with Crippen molar-refractivity contribution in [3.63, 3.8) is 0 Å². The van der Waals surface area contributed by atoms with Crippen molar-refractivity contribution >= 4 is 5.95 Å². The first-order valence-corrected chi connectivity index (χ1v) is 5.37. The van der Waals surface area contributed by atoms with Gasteiger partial charge in [-0.1, -0.05) is 20.3 Å². The zero-order chi connectivity index (χ0) is 10.2. The van der Waals surface area contributed by atoms with Gasteiger partial charge in [0.2, 0.25) is 0 Å². The molecule has 1 aromatic rings. The summed E-state index contributed by atoms with van der Waals surface area (Å²) < 4.78 is 2.13. The van der Waals surface area contributed by atoms with E-state index in [9.17, 15) is 0 Å². The van der Waals surface area contributed by atoms with Gasteiger partial charge in [0.05, 0.1) is 0 Å². The number of nitrogens with two attached hydrogens (primary N) is 1. The Morgan fingerprint density at radius 3 is 2.93 bits per heavy atom. The molecular formula is C11H19N3. The van der Waals surface area contributed by atoms with Crippen molar-refractivity contribution in [2.75, 3.05) is 5.73 Å². The van der Waals surface area contributed by atoms with Crippen molar-refractivity contribution in [1.82, 2.24) is 9.55 Å². The summed E-state index contributed by atoms with van der Waals surface area (Å²) in [5, 5.41) is 0. The van der Waals surface area contributed by atoms with Crippen LogP contribution in [0.4, 0.5) is 5.95 Å². The van der Waals surface area contributed by atoms with Gasteiger partial charge in [-0.15, -0.1) is 0 Å². The SMILES string of the molecule is CC1(C)CCCC(n2ccnc2N)C1. The number of rotatable bonds is 1. The Hall–Kier alpha value is -0.990. The molecule has 1 aliphatic rings. The molecule has 0 aromatic carbocycles. The van der Waals surface area contributed by atoms with Gasteiger partial charge in [0.1, 0.15) is 0 Å². The van der Waals surface area contributed by atoms with E-state index < -0.39 is 0 Å². The molecule has 3 heteroatoms. The van der Waals surface area contributed by atoms with Crippen molar-refractivity contribution in [1.29, 1.82) is 0 Å². The van der Waals surface area contributed by atoms with Crippen LogP contribution in [0.15, 0.2) is 12.4 Å². The molecule has 1 unspecified atom stereocenters. The molecular weight excluding hydrogens is 174 g/mol. The van der Waals surface area contributed by atoms with Gasteiger partial charge in [0.25, 0.3) is 0 Å². The Kier molecular flexibility index (Phi) is 2.25. The Balaban J connectivity index is 2.16. The van der Waals surface area contributed by atoms with E-state index in [1.165, 1.54) is 25.7 Å². The maximum atomic E-state index is 5.81. The predicted octanol–water partition coefficient (Wildman–Crippen LogP) is 2.61. The average Bonchev–Trinajstić information content (AvgIpc) is 2.49. The second-order valence-electron chi connectivity index (χ2n) is 5.11. The normalized spacial score (nSPS) is 26.3. The highest BCUT2D eigenvalue weighted by atomic mass is 15.2. The smallest absolute Gasteiger partial charge is 0.200 e. The Morgan fingerprint density at radius 2 is 2.36 bits per heavy atom. The number of hydrogen-bond acceptors (Lipinski definition) is 2. The minimum atomic E-state index is 0.458. The van der Waals surface area contributed by atoms with Crippen LogP contribution in [-0.2, 0) is 0 Å². The summed E-state index contributed by atoms with van der Waals surface area (Å²) in [6, 6.07) is 0.557. The van der Waals surface area contributed by atoms with E-state index in [0.29, 0.717) is 17.4 Å². The standard InChI is InChI=1S/C11H19N3/c1-11(2)5-3-4-9(8-11)14-7-6-13-10(14)12/h6-7,9H,3-5,8H2,1-2H3,(H2,12,13). The topological polar surface area (TPSA) is 43.8 Å². The highest BCUT2D eigenvalue weighted by Gasteiger charge is 2.29. The third-order valence-electron chi connectivity index (χ3n) is 3.27. The molecule has 78 valence electrons. The molecule has 1 aliphatic carbocycles. The molecule has 1 heterocycles. The van der Waals surface area contributed by atoms with Crippen LogP contribution in [0.5, 0.6) is 0 Å². The summed E-state index contributed by atoms with van der Waals surface area (Å²) in [4.78, 5) is 4.08. The van der Waals surface area contributed by atoms with E-state index >= 15 is 0 Å². The molecule has 14 heavy (non-hydrogen) atoms. The summed E-state index contributed by atoms with van der Waals surface area (Å²) in [6.45, 7) is 4.68. The fraction of sp³-hybridized carbons (Fsp3) is 0.727. The molecule has 2 N–H and O–H groups in total. The second kappa shape index (κ2) is 3.30. The largest absolute Gasteiger partial charge is 0.369 e. The van der Waals surface area contributed by atoms with E-state index in [1.54, 1.807) is 6.20 Å². The van der Waals surface area contributed by atoms with E-state index in [-0.39, 0.29) is 0 Å². The van der Waals surface area contributed by atoms with Crippen molar-refractivity contribution in [3.8, 4) is 0 Å². The third-order valence-corrected chi connectivity index (χ3v) is 3.27. The molecule has 3 nitrogen and oxygen atoms in total. The molecule has 0 saturated heterocycles. The van der Waals surface area contributed by atoms with Gasteiger partial charge in [-0.2, -0.15) is 0 Å². The Labute approximate surface area is 85.3 Å². The molecule has 0 aliphatic heterocycles. The number of imidazole rings is 1.